The largest absolute Gasteiger partial charge is 0.392 e. The normalized spacial score (nSPS) is 13.0. The number of halogens is 1. The van der Waals surface area contributed by atoms with Crippen LogP contribution < -0.4 is 10.5 Å². The number of hydrogen-bond acceptors (Lipinski definition) is 3. The first-order valence-electron chi connectivity index (χ1n) is 6.34. The Morgan fingerprint density at radius 1 is 1.29 bits per heavy atom. The summed E-state index contributed by atoms with van der Waals surface area (Å²) in [5, 5.41) is 1.10. The topological polar surface area (TPSA) is 72.2 Å². The van der Waals surface area contributed by atoms with Crippen LogP contribution in [0.3, 0.4) is 0 Å². The van der Waals surface area contributed by atoms with Gasteiger partial charge < -0.3 is 5.73 Å². The molecule has 2 rings (SSSR count). The number of fused-ring (bicyclic) bond motifs is 1. The molecular formula is C14H15BrN2O2S2. The molecule has 112 valence electrons. The fourth-order valence-electron chi connectivity index (χ4n) is 2.09. The molecule has 21 heavy (non-hydrogen) atoms. The second-order valence-corrected chi connectivity index (χ2v) is 7.90. The van der Waals surface area contributed by atoms with Gasteiger partial charge in [0.15, 0.2) is 0 Å². The van der Waals surface area contributed by atoms with Gasteiger partial charge in [-0.05, 0) is 41.5 Å². The molecular weight excluding hydrogens is 372 g/mol. The number of anilines is 1. The van der Waals surface area contributed by atoms with E-state index in [1.165, 1.54) is 0 Å². The minimum absolute atomic E-state index is 0.0188. The van der Waals surface area contributed by atoms with Crippen LogP contribution in [0.1, 0.15) is 13.3 Å². The van der Waals surface area contributed by atoms with Crippen molar-refractivity contribution in [3.63, 3.8) is 0 Å². The highest BCUT2D eigenvalue weighted by Crippen LogP contribution is 2.24. The van der Waals surface area contributed by atoms with Gasteiger partial charge in [-0.3, -0.25) is 4.72 Å². The molecule has 0 aliphatic carbocycles. The zero-order chi connectivity index (χ0) is 15.6. The first kappa shape index (κ1) is 16.2. The van der Waals surface area contributed by atoms with Crippen molar-refractivity contribution in [3.8, 4) is 0 Å². The van der Waals surface area contributed by atoms with Crippen molar-refractivity contribution in [3.05, 3.63) is 40.9 Å². The van der Waals surface area contributed by atoms with Crippen LogP contribution in [0.15, 0.2) is 40.9 Å². The van der Waals surface area contributed by atoms with Crippen LogP contribution in [0, 0.1) is 0 Å². The van der Waals surface area contributed by atoms with Gasteiger partial charge >= 0.3 is 0 Å². The van der Waals surface area contributed by atoms with E-state index in [4.69, 9.17) is 18.0 Å². The highest BCUT2D eigenvalue weighted by atomic mass is 79.9. The van der Waals surface area contributed by atoms with Crippen molar-refractivity contribution < 1.29 is 8.42 Å². The third kappa shape index (κ3) is 3.72. The maximum absolute atomic E-state index is 12.3. The molecule has 0 saturated heterocycles. The smallest absolute Gasteiger partial charge is 0.242 e. The van der Waals surface area contributed by atoms with Gasteiger partial charge in [0.2, 0.25) is 10.0 Å². The molecule has 0 aromatic heterocycles. The average Bonchev–Trinajstić information content (AvgIpc) is 2.38. The Morgan fingerprint density at radius 2 is 1.90 bits per heavy atom. The highest BCUT2D eigenvalue weighted by molar-refractivity contribution is 9.10. The highest BCUT2D eigenvalue weighted by Gasteiger charge is 2.26. The number of thiocarbonyl (C=S) groups is 1. The van der Waals surface area contributed by atoms with Crippen molar-refractivity contribution in [2.75, 3.05) is 4.72 Å². The standard InChI is InChI=1S/C14H15BrN2O2S2/c1-2-13(14(16)20)21(18,19)17-12-6-4-9-7-11(15)5-3-10(9)8-12/h3-8,13,17H,2H2,1H3,(H2,16,20). The van der Waals surface area contributed by atoms with E-state index in [1.54, 1.807) is 19.1 Å². The molecule has 1 unspecified atom stereocenters. The zero-order valence-corrected chi connectivity index (χ0v) is 14.6. The maximum atomic E-state index is 12.3. The minimum atomic E-state index is -3.63. The van der Waals surface area contributed by atoms with Crippen LogP contribution in [-0.4, -0.2) is 18.7 Å². The van der Waals surface area contributed by atoms with Crippen LogP contribution in [-0.2, 0) is 10.0 Å². The third-order valence-corrected chi connectivity index (χ3v) is 5.91. The van der Waals surface area contributed by atoms with Crippen molar-refractivity contribution >= 4 is 59.6 Å². The van der Waals surface area contributed by atoms with Crippen molar-refractivity contribution in [2.45, 2.75) is 18.6 Å². The van der Waals surface area contributed by atoms with E-state index in [1.807, 2.05) is 24.3 Å². The lowest BCUT2D eigenvalue weighted by atomic mass is 10.1. The molecule has 0 spiro atoms. The lowest BCUT2D eigenvalue weighted by molar-refractivity contribution is 0.594. The van der Waals surface area contributed by atoms with E-state index in [0.717, 1.165) is 15.2 Å². The summed E-state index contributed by atoms with van der Waals surface area (Å²) >= 11 is 8.23. The lowest BCUT2D eigenvalue weighted by Crippen LogP contribution is -2.37. The lowest BCUT2D eigenvalue weighted by Gasteiger charge is -2.16. The first-order chi connectivity index (χ1) is 9.83. The molecule has 0 radical (unpaired) electrons. The molecule has 0 aliphatic rings. The Hall–Kier alpha value is -1.18. The van der Waals surface area contributed by atoms with Crippen LogP contribution in [0.25, 0.3) is 10.8 Å². The molecule has 0 fully saturated rings. The predicted molar refractivity (Wildman–Crippen MR) is 95.1 cm³/mol. The maximum Gasteiger partial charge on any atom is 0.242 e. The van der Waals surface area contributed by atoms with Gasteiger partial charge in [0.25, 0.3) is 0 Å². The van der Waals surface area contributed by atoms with E-state index in [-0.39, 0.29) is 4.99 Å². The molecule has 0 amide bonds. The van der Waals surface area contributed by atoms with Gasteiger partial charge in [-0.2, -0.15) is 0 Å². The van der Waals surface area contributed by atoms with E-state index in [9.17, 15) is 8.42 Å². The summed E-state index contributed by atoms with van der Waals surface area (Å²) in [7, 11) is -3.63. The number of hydrogen-bond donors (Lipinski definition) is 2. The zero-order valence-electron chi connectivity index (χ0n) is 11.3. The number of nitrogens with two attached hydrogens (primary N) is 1. The van der Waals surface area contributed by atoms with E-state index < -0.39 is 15.3 Å². The SMILES string of the molecule is CCC(C(N)=S)S(=O)(=O)Nc1ccc2cc(Br)ccc2c1. The summed E-state index contributed by atoms with van der Waals surface area (Å²) in [4.78, 5) is -0.0188. The summed E-state index contributed by atoms with van der Waals surface area (Å²) in [6, 6.07) is 11.2. The summed E-state index contributed by atoms with van der Waals surface area (Å²) < 4.78 is 28.1. The van der Waals surface area contributed by atoms with Gasteiger partial charge in [-0.15, -0.1) is 0 Å². The van der Waals surface area contributed by atoms with Gasteiger partial charge in [0, 0.05) is 10.2 Å². The molecule has 2 aromatic carbocycles. The quantitative estimate of drug-likeness (QED) is 0.772. The second-order valence-electron chi connectivity index (χ2n) is 4.65. The molecule has 0 heterocycles. The Labute approximate surface area is 137 Å². The van der Waals surface area contributed by atoms with Crippen molar-refractivity contribution in [1.29, 1.82) is 0 Å². The Morgan fingerprint density at radius 3 is 2.52 bits per heavy atom. The van der Waals surface area contributed by atoms with Crippen molar-refractivity contribution in [2.24, 2.45) is 5.73 Å². The number of nitrogens with one attached hydrogen (secondary N) is 1. The van der Waals surface area contributed by atoms with Crippen LogP contribution >= 0.6 is 28.1 Å². The minimum Gasteiger partial charge on any atom is -0.392 e. The molecule has 1 atom stereocenters. The van der Waals surface area contributed by atoms with Gasteiger partial charge in [0.1, 0.15) is 5.25 Å². The fourth-order valence-corrected chi connectivity index (χ4v) is 4.36. The number of benzene rings is 2. The first-order valence-corrected chi connectivity index (χ1v) is 9.08. The molecule has 2 aromatic rings. The summed E-state index contributed by atoms with van der Waals surface area (Å²) in [6.07, 6.45) is 0.338. The second kappa shape index (κ2) is 6.29. The van der Waals surface area contributed by atoms with Gasteiger partial charge in [-0.25, -0.2) is 8.42 Å². The van der Waals surface area contributed by atoms with E-state index >= 15 is 0 Å². The Kier molecular flexibility index (Phi) is 4.85. The Balaban J connectivity index is 2.35. The van der Waals surface area contributed by atoms with Crippen LogP contribution in [0.2, 0.25) is 0 Å². The van der Waals surface area contributed by atoms with E-state index in [2.05, 4.69) is 20.7 Å². The Bertz CT molecular complexity index is 791. The predicted octanol–water partition coefficient (Wildman–Crippen LogP) is 3.41. The molecule has 7 heteroatoms. The summed E-state index contributed by atoms with van der Waals surface area (Å²) in [5.74, 6) is 0. The van der Waals surface area contributed by atoms with Gasteiger partial charge in [0.05, 0.1) is 4.99 Å². The molecule has 0 saturated carbocycles. The number of rotatable bonds is 5. The monoisotopic (exact) mass is 386 g/mol. The average molecular weight is 387 g/mol. The number of sulfonamides is 1. The molecule has 0 aliphatic heterocycles. The van der Waals surface area contributed by atoms with Crippen molar-refractivity contribution in [1.82, 2.24) is 0 Å². The van der Waals surface area contributed by atoms with Gasteiger partial charge in [-0.1, -0.05) is 47.2 Å². The molecule has 3 N–H and O–H groups in total. The summed E-state index contributed by atoms with van der Waals surface area (Å²) in [5.41, 5.74) is 6.00. The van der Waals surface area contributed by atoms with Crippen LogP contribution in [0.5, 0.6) is 0 Å². The third-order valence-electron chi connectivity index (χ3n) is 3.13. The molecule has 0 bridgehead atoms. The fraction of sp³-hybridized carbons (Fsp3) is 0.214. The molecule has 4 nitrogen and oxygen atoms in total. The van der Waals surface area contributed by atoms with E-state index in [0.29, 0.717) is 12.1 Å². The van der Waals surface area contributed by atoms with Crippen LogP contribution in [0.4, 0.5) is 5.69 Å². The summed E-state index contributed by atoms with van der Waals surface area (Å²) in [6.45, 7) is 1.74.